The minimum absolute atomic E-state index is 0.0175. The summed E-state index contributed by atoms with van der Waals surface area (Å²) in [4.78, 5) is 6.39. The molecule has 2 aromatic carbocycles. The Labute approximate surface area is 176 Å². The fourth-order valence-electron chi connectivity index (χ4n) is 3.71. The van der Waals surface area contributed by atoms with Crippen LogP contribution in [0.25, 0.3) is 11.5 Å². The van der Waals surface area contributed by atoms with Gasteiger partial charge in [0.1, 0.15) is 5.82 Å². The molecule has 0 saturated carbocycles. The summed E-state index contributed by atoms with van der Waals surface area (Å²) in [7, 11) is -3.92. The van der Waals surface area contributed by atoms with Crippen molar-refractivity contribution in [3.8, 4) is 11.5 Å². The van der Waals surface area contributed by atoms with Gasteiger partial charge in [0.05, 0.1) is 10.5 Å². The number of aromatic nitrogens is 1. The Morgan fingerprint density at radius 1 is 1.00 bits per heavy atom. The molecule has 0 radical (unpaired) electrons. The number of aryl methyl sites for hydroxylation is 1. The van der Waals surface area contributed by atoms with Gasteiger partial charge in [0.15, 0.2) is 0 Å². The molecule has 1 saturated heterocycles. The molecular formula is C23H25FN2O3S. The van der Waals surface area contributed by atoms with Crippen LogP contribution in [0, 0.1) is 5.82 Å². The summed E-state index contributed by atoms with van der Waals surface area (Å²) in [6.07, 6.45) is 4.89. The van der Waals surface area contributed by atoms with Gasteiger partial charge in [-0.1, -0.05) is 44.0 Å². The van der Waals surface area contributed by atoms with Crippen molar-refractivity contribution < 1.29 is 17.2 Å². The molecule has 0 amide bonds. The van der Waals surface area contributed by atoms with Crippen molar-refractivity contribution in [1.82, 2.24) is 4.98 Å². The number of oxazole rings is 1. The predicted octanol–water partition coefficient (Wildman–Crippen LogP) is 5.26. The molecule has 0 N–H and O–H groups in total. The Balaban J connectivity index is 1.84. The number of halogens is 1. The average molecular weight is 429 g/mol. The second-order valence-electron chi connectivity index (χ2n) is 7.51. The molecule has 0 atom stereocenters. The van der Waals surface area contributed by atoms with Crippen LogP contribution >= 0.6 is 0 Å². The summed E-state index contributed by atoms with van der Waals surface area (Å²) in [5.74, 6) is -0.316. The van der Waals surface area contributed by atoms with Gasteiger partial charge in [-0.25, -0.2) is 12.8 Å². The first-order chi connectivity index (χ1) is 14.5. The third-order valence-electron chi connectivity index (χ3n) is 5.47. The molecule has 1 aromatic heterocycles. The molecule has 0 bridgehead atoms. The van der Waals surface area contributed by atoms with Gasteiger partial charge in [-0.3, -0.25) is 0 Å². The van der Waals surface area contributed by atoms with Gasteiger partial charge in [0, 0.05) is 13.1 Å². The second-order valence-corrected chi connectivity index (χ2v) is 9.38. The molecule has 158 valence electrons. The van der Waals surface area contributed by atoms with Crippen molar-refractivity contribution in [2.75, 3.05) is 18.0 Å². The standard InChI is InChI=1S/C23H25FN2O3S/c1-2-17-11-13-18(14-12-17)30(27,28)22-23(26-15-7-3-4-8-16-26)29-21(25-22)19-9-5-6-10-20(19)24/h5-6,9-14H,2-4,7-8,15-16H2,1H3. The van der Waals surface area contributed by atoms with E-state index in [4.69, 9.17) is 4.42 Å². The molecule has 1 aliphatic rings. The van der Waals surface area contributed by atoms with Crippen LogP contribution in [0.15, 0.2) is 62.9 Å². The van der Waals surface area contributed by atoms with Crippen LogP contribution in [-0.2, 0) is 16.3 Å². The zero-order chi connectivity index (χ0) is 21.1. The van der Waals surface area contributed by atoms with Gasteiger partial charge in [0.2, 0.25) is 26.6 Å². The number of hydrogen-bond donors (Lipinski definition) is 0. The molecule has 2 heterocycles. The summed E-state index contributed by atoms with van der Waals surface area (Å²) >= 11 is 0. The van der Waals surface area contributed by atoms with E-state index in [1.807, 2.05) is 11.8 Å². The molecule has 5 nitrogen and oxygen atoms in total. The zero-order valence-electron chi connectivity index (χ0n) is 17.0. The van der Waals surface area contributed by atoms with Crippen LogP contribution in [0.4, 0.5) is 10.3 Å². The van der Waals surface area contributed by atoms with Gasteiger partial charge in [-0.2, -0.15) is 4.98 Å². The van der Waals surface area contributed by atoms with E-state index in [2.05, 4.69) is 4.98 Å². The van der Waals surface area contributed by atoms with E-state index in [1.165, 1.54) is 6.07 Å². The molecule has 4 rings (SSSR count). The second kappa shape index (κ2) is 8.60. The van der Waals surface area contributed by atoms with Crippen molar-refractivity contribution in [2.45, 2.75) is 48.9 Å². The molecule has 0 aliphatic carbocycles. The van der Waals surface area contributed by atoms with E-state index in [-0.39, 0.29) is 27.3 Å². The van der Waals surface area contributed by atoms with E-state index in [1.54, 1.807) is 42.5 Å². The van der Waals surface area contributed by atoms with Gasteiger partial charge in [-0.15, -0.1) is 0 Å². The monoisotopic (exact) mass is 428 g/mol. The van der Waals surface area contributed by atoms with Crippen molar-refractivity contribution in [1.29, 1.82) is 0 Å². The topological polar surface area (TPSA) is 63.4 Å². The zero-order valence-corrected chi connectivity index (χ0v) is 17.8. The van der Waals surface area contributed by atoms with Crippen molar-refractivity contribution in [2.24, 2.45) is 0 Å². The fraction of sp³-hybridized carbons (Fsp3) is 0.348. The lowest BCUT2D eigenvalue weighted by Crippen LogP contribution is -2.25. The highest BCUT2D eigenvalue weighted by atomic mass is 32.2. The van der Waals surface area contributed by atoms with Crippen molar-refractivity contribution in [3.63, 3.8) is 0 Å². The van der Waals surface area contributed by atoms with E-state index in [9.17, 15) is 12.8 Å². The van der Waals surface area contributed by atoms with Gasteiger partial charge < -0.3 is 9.32 Å². The summed E-state index contributed by atoms with van der Waals surface area (Å²) in [6, 6.07) is 12.9. The highest BCUT2D eigenvalue weighted by Crippen LogP contribution is 2.36. The number of anilines is 1. The number of hydrogen-bond acceptors (Lipinski definition) is 5. The highest BCUT2D eigenvalue weighted by molar-refractivity contribution is 7.91. The largest absolute Gasteiger partial charge is 0.419 e. The Morgan fingerprint density at radius 3 is 2.30 bits per heavy atom. The van der Waals surface area contributed by atoms with E-state index < -0.39 is 15.7 Å². The highest BCUT2D eigenvalue weighted by Gasteiger charge is 2.32. The molecule has 7 heteroatoms. The summed E-state index contributed by atoms with van der Waals surface area (Å²) < 4.78 is 47.2. The number of sulfone groups is 1. The number of benzene rings is 2. The van der Waals surface area contributed by atoms with E-state index in [0.717, 1.165) is 37.7 Å². The summed E-state index contributed by atoms with van der Waals surface area (Å²) in [5.41, 5.74) is 1.20. The predicted molar refractivity (Wildman–Crippen MR) is 114 cm³/mol. The molecule has 30 heavy (non-hydrogen) atoms. The SMILES string of the molecule is CCc1ccc(S(=O)(=O)c2nc(-c3ccccc3F)oc2N2CCCCCC2)cc1. The Kier molecular flexibility index (Phi) is 5.90. The van der Waals surface area contributed by atoms with Crippen LogP contribution in [0.1, 0.15) is 38.2 Å². The first-order valence-electron chi connectivity index (χ1n) is 10.4. The minimum Gasteiger partial charge on any atom is -0.419 e. The Bertz CT molecular complexity index is 1120. The van der Waals surface area contributed by atoms with Gasteiger partial charge in [-0.05, 0) is 49.1 Å². The van der Waals surface area contributed by atoms with E-state index in [0.29, 0.717) is 13.1 Å². The first kappa shape index (κ1) is 20.6. The van der Waals surface area contributed by atoms with Crippen LogP contribution in [0.5, 0.6) is 0 Å². The molecule has 1 fully saturated rings. The molecule has 0 unspecified atom stereocenters. The van der Waals surface area contributed by atoms with Crippen LogP contribution in [0.2, 0.25) is 0 Å². The van der Waals surface area contributed by atoms with Gasteiger partial charge in [0.25, 0.3) is 0 Å². The third kappa shape index (κ3) is 3.99. The molecule has 0 spiro atoms. The van der Waals surface area contributed by atoms with Crippen LogP contribution in [-0.4, -0.2) is 26.5 Å². The quantitative estimate of drug-likeness (QED) is 0.555. The van der Waals surface area contributed by atoms with Crippen molar-refractivity contribution in [3.05, 3.63) is 59.9 Å². The first-order valence-corrected chi connectivity index (χ1v) is 11.8. The fourth-order valence-corrected chi connectivity index (χ4v) is 5.03. The Morgan fingerprint density at radius 2 is 1.67 bits per heavy atom. The maximum atomic E-state index is 14.4. The van der Waals surface area contributed by atoms with Crippen molar-refractivity contribution >= 4 is 15.7 Å². The maximum absolute atomic E-state index is 14.4. The third-order valence-corrected chi connectivity index (χ3v) is 7.14. The lowest BCUT2D eigenvalue weighted by molar-refractivity contribution is 0.537. The van der Waals surface area contributed by atoms with Crippen LogP contribution in [0.3, 0.4) is 0 Å². The average Bonchev–Trinajstić information content (AvgIpc) is 3.03. The normalized spacial score (nSPS) is 15.2. The van der Waals surface area contributed by atoms with Gasteiger partial charge >= 0.3 is 0 Å². The lowest BCUT2D eigenvalue weighted by Gasteiger charge is -2.20. The molecule has 3 aromatic rings. The molecular weight excluding hydrogens is 403 g/mol. The smallest absolute Gasteiger partial charge is 0.236 e. The lowest BCUT2D eigenvalue weighted by atomic mass is 10.2. The number of nitrogens with zero attached hydrogens (tertiary/aromatic N) is 2. The summed E-state index contributed by atoms with van der Waals surface area (Å²) in [6.45, 7) is 3.38. The Hall–Kier alpha value is -2.67. The van der Waals surface area contributed by atoms with Crippen LogP contribution < -0.4 is 4.90 Å². The molecule has 1 aliphatic heterocycles. The summed E-state index contributed by atoms with van der Waals surface area (Å²) in [5, 5.41) is -0.146. The van der Waals surface area contributed by atoms with E-state index >= 15 is 0 Å². The minimum atomic E-state index is -3.92. The number of rotatable bonds is 5. The maximum Gasteiger partial charge on any atom is 0.236 e.